The fourth-order valence-corrected chi connectivity index (χ4v) is 2.79. The Kier molecular flexibility index (Phi) is 3.60. The summed E-state index contributed by atoms with van der Waals surface area (Å²) in [5, 5.41) is 3.85. The monoisotopic (exact) mass is 257 g/mol. The third kappa shape index (κ3) is 3.01. The number of hydrogen-bond acceptors (Lipinski definition) is 4. The van der Waals surface area contributed by atoms with Crippen molar-refractivity contribution in [1.29, 1.82) is 0 Å². The number of likely N-dealkylation sites (tertiary alicyclic amines) is 1. The lowest BCUT2D eigenvalue weighted by atomic mass is 9.91. The Morgan fingerprint density at radius 1 is 1.32 bits per heavy atom. The number of benzene rings is 1. The van der Waals surface area contributed by atoms with E-state index < -0.39 is 0 Å². The molecule has 0 amide bonds. The van der Waals surface area contributed by atoms with Crippen LogP contribution >= 0.6 is 0 Å². The SMILES string of the molecule is Cc1noc(CN2CCC[C@@H](c3ccccc3)C2)n1. The fourth-order valence-electron chi connectivity index (χ4n) is 2.79. The molecule has 4 heteroatoms. The lowest BCUT2D eigenvalue weighted by molar-refractivity contribution is 0.177. The zero-order valence-electron chi connectivity index (χ0n) is 11.2. The highest BCUT2D eigenvalue weighted by molar-refractivity contribution is 5.20. The minimum Gasteiger partial charge on any atom is -0.338 e. The molecule has 1 fully saturated rings. The van der Waals surface area contributed by atoms with Crippen LogP contribution in [0.5, 0.6) is 0 Å². The molecule has 2 aromatic rings. The molecular formula is C15H19N3O. The van der Waals surface area contributed by atoms with Gasteiger partial charge in [-0.25, -0.2) is 0 Å². The molecule has 2 heterocycles. The molecule has 1 aliphatic rings. The molecule has 0 spiro atoms. The Labute approximate surface area is 113 Å². The van der Waals surface area contributed by atoms with Crippen molar-refractivity contribution >= 4 is 0 Å². The minimum absolute atomic E-state index is 0.624. The Bertz CT molecular complexity index is 523. The van der Waals surface area contributed by atoms with Crippen LogP contribution < -0.4 is 0 Å². The van der Waals surface area contributed by atoms with Gasteiger partial charge in [0.25, 0.3) is 0 Å². The van der Waals surface area contributed by atoms with Gasteiger partial charge in [-0.1, -0.05) is 35.5 Å². The van der Waals surface area contributed by atoms with Gasteiger partial charge in [-0.2, -0.15) is 4.98 Å². The predicted octanol–water partition coefficient (Wildman–Crippen LogP) is 2.76. The van der Waals surface area contributed by atoms with Crippen LogP contribution in [0, 0.1) is 6.92 Å². The molecule has 19 heavy (non-hydrogen) atoms. The first kappa shape index (κ1) is 12.4. The van der Waals surface area contributed by atoms with E-state index in [4.69, 9.17) is 4.52 Å². The topological polar surface area (TPSA) is 42.2 Å². The molecule has 1 atom stereocenters. The van der Waals surface area contributed by atoms with Crippen molar-refractivity contribution in [3.05, 3.63) is 47.6 Å². The van der Waals surface area contributed by atoms with E-state index >= 15 is 0 Å². The van der Waals surface area contributed by atoms with Gasteiger partial charge in [-0.3, -0.25) is 4.90 Å². The molecule has 1 aliphatic heterocycles. The number of nitrogens with zero attached hydrogens (tertiary/aromatic N) is 3. The first-order valence-electron chi connectivity index (χ1n) is 6.88. The summed E-state index contributed by atoms with van der Waals surface area (Å²) >= 11 is 0. The second-order valence-electron chi connectivity index (χ2n) is 5.22. The number of aromatic nitrogens is 2. The molecule has 1 aromatic carbocycles. The second-order valence-corrected chi connectivity index (χ2v) is 5.22. The number of hydrogen-bond donors (Lipinski definition) is 0. The molecule has 100 valence electrons. The van der Waals surface area contributed by atoms with E-state index in [0.29, 0.717) is 11.7 Å². The van der Waals surface area contributed by atoms with Gasteiger partial charge >= 0.3 is 0 Å². The summed E-state index contributed by atoms with van der Waals surface area (Å²) < 4.78 is 5.21. The highest BCUT2D eigenvalue weighted by atomic mass is 16.5. The highest BCUT2D eigenvalue weighted by Gasteiger charge is 2.22. The van der Waals surface area contributed by atoms with Crippen molar-refractivity contribution in [3.63, 3.8) is 0 Å². The molecule has 0 radical (unpaired) electrons. The van der Waals surface area contributed by atoms with E-state index in [1.165, 1.54) is 18.4 Å². The number of piperidine rings is 1. The van der Waals surface area contributed by atoms with Gasteiger partial charge in [0.2, 0.25) is 5.89 Å². The standard InChI is InChI=1S/C15H19N3O/c1-12-16-15(19-17-12)11-18-9-5-8-14(10-18)13-6-3-2-4-7-13/h2-4,6-7,14H,5,8-11H2,1H3/t14-/m1/s1. The quantitative estimate of drug-likeness (QED) is 0.848. The number of rotatable bonds is 3. The van der Waals surface area contributed by atoms with Crippen LogP contribution in [0.25, 0.3) is 0 Å². The average Bonchev–Trinajstić information content (AvgIpc) is 2.85. The maximum Gasteiger partial charge on any atom is 0.240 e. The van der Waals surface area contributed by atoms with Gasteiger partial charge in [0.15, 0.2) is 5.82 Å². The van der Waals surface area contributed by atoms with E-state index in [2.05, 4.69) is 45.4 Å². The minimum atomic E-state index is 0.624. The summed E-state index contributed by atoms with van der Waals surface area (Å²) in [6.07, 6.45) is 2.50. The van der Waals surface area contributed by atoms with Crippen molar-refractivity contribution in [2.24, 2.45) is 0 Å². The Morgan fingerprint density at radius 2 is 2.16 bits per heavy atom. The van der Waals surface area contributed by atoms with Crippen LogP contribution in [0.2, 0.25) is 0 Å². The van der Waals surface area contributed by atoms with Gasteiger partial charge in [0.1, 0.15) is 0 Å². The normalized spacial score (nSPS) is 20.6. The first-order chi connectivity index (χ1) is 9.31. The molecule has 4 nitrogen and oxygen atoms in total. The van der Waals surface area contributed by atoms with Crippen LogP contribution in [-0.2, 0) is 6.54 Å². The third-order valence-corrected chi connectivity index (χ3v) is 3.70. The molecular weight excluding hydrogens is 238 g/mol. The van der Waals surface area contributed by atoms with E-state index in [9.17, 15) is 0 Å². The number of aryl methyl sites for hydroxylation is 1. The van der Waals surface area contributed by atoms with Crippen molar-refractivity contribution in [2.45, 2.75) is 32.2 Å². The summed E-state index contributed by atoms with van der Waals surface area (Å²) in [5.74, 6) is 2.07. The Morgan fingerprint density at radius 3 is 2.89 bits per heavy atom. The maximum absolute atomic E-state index is 5.21. The van der Waals surface area contributed by atoms with E-state index in [1.54, 1.807) is 0 Å². The van der Waals surface area contributed by atoms with E-state index in [1.807, 2.05) is 6.92 Å². The Hall–Kier alpha value is -1.68. The Balaban J connectivity index is 1.65. The average molecular weight is 257 g/mol. The van der Waals surface area contributed by atoms with Crippen molar-refractivity contribution in [1.82, 2.24) is 15.0 Å². The maximum atomic E-state index is 5.21. The largest absolute Gasteiger partial charge is 0.338 e. The van der Waals surface area contributed by atoms with Gasteiger partial charge < -0.3 is 4.52 Å². The summed E-state index contributed by atoms with van der Waals surface area (Å²) in [6, 6.07) is 10.8. The van der Waals surface area contributed by atoms with Crippen molar-refractivity contribution in [2.75, 3.05) is 13.1 Å². The van der Waals surface area contributed by atoms with Crippen LogP contribution in [0.3, 0.4) is 0 Å². The van der Waals surface area contributed by atoms with Gasteiger partial charge in [0, 0.05) is 6.54 Å². The highest BCUT2D eigenvalue weighted by Crippen LogP contribution is 2.27. The van der Waals surface area contributed by atoms with Crippen LogP contribution in [-0.4, -0.2) is 28.1 Å². The lowest BCUT2D eigenvalue weighted by Gasteiger charge is -2.31. The molecule has 3 rings (SSSR count). The molecule has 0 bridgehead atoms. The molecule has 0 saturated carbocycles. The zero-order chi connectivity index (χ0) is 13.1. The van der Waals surface area contributed by atoms with Gasteiger partial charge in [-0.15, -0.1) is 0 Å². The zero-order valence-corrected chi connectivity index (χ0v) is 11.2. The van der Waals surface area contributed by atoms with E-state index in [-0.39, 0.29) is 0 Å². The van der Waals surface area contributed by atoms with Gasteiger partial charge in [0.05, 0.1) is 6.54 Å². The molecule has 0 aliphatic carbocycles. The molecule has 1 aromatic heterocycles. The summed E-state index contributed by atoms with van der Waals surface area (Å²) in [4.78, 5) is 6.69. The van der Waals surface area contributed by atoms with Crippen LogP contribution in [0.15, 0.2) is 34.9 Å². The summed E-state index contributed by atoms with van der Waals surface area (Å²) in [7, 11) is 0. The lowest BCUT2D eigenvalue weighted by Crippen LogP contribution is -2.33. The first-order valence-corrected chi connectivity index (χ1v) is 6.88. The summed E-state index contributed by atoms with van der Waals surface area (Å²) in [6.45, 7) is 4.82. The predicted molar refractivity (Wildman–Crippen MR) is 72.7 cm³/mol. The third-order valence-electron chi connectivity index (χ3n) is 3.70. The van der Waals surface area contributed by atoms with Crippen molar-refractivity contribution in [3.8, 4) is 0 Å². The van der Waals surface area contributed by atoms with Gasteiger partial charge in [-0.05, 0) is 37.8 Å². The van der Waals surface area contributed by atoms with Crippen molar-refractivity contribution < 1.29 is 4.52 Å². The summed E-state index contributed by atoms with van der Waals surface area (Å²) in [5.41, 5.74) is 1.44. The van der Waals surface area contributed by atoms with Crippen LogP contribution in [0.4, 0.5) is 0 Å². The molecule has 1 saturated heterocycles. The second kappa shape index (κ2) is 5.53. The smallest absolute Gasteiger partial charge is 0.240 e. The molecule has 0 N–H and O–H groups in total. The fraction of sp³-hybridized carbons (Fsp3) is 0.467. The van der Waals surface area contributed by atoms with Crippen LogP contribution in [0.1, 0.15) is 36.0 Å². The van der Waals surface area contributed by atoms with E-state index in [0.717, 1.165) is 25.5 Å². The molecule has 0 unspecified atom stereocenters.